The molecule has 0 saturated heterocycles. The molecule has 1 aromatic rings. The number of carbonyl (C=O) groups excluding carboxylic acids is 1. The number of nitrogens with zero attached hydrogens (tertiary/aromatic N) is 3. The lowest BCUT2D eigenvalue weighted by molar-refractivity contribution is 0.0730. The second-order valence-corrected chi connectivity index (χ2v) is 4.37. The van der Waals surface area contributed by atoms with Gasteiger partial charge in [-0.1, -0.05) is 13.3 Å². The number of hydrogen-bond acceptors (Lipinski definition) is 4. The van der Waals surface area contributed by atoms with Crippen molar-refractivity contribution in [3.05, 3.63) is 18.1 Å². The second kappa shape index (κ2) is 6.93. The van der Waals surface area contributed by atoms with Crippen molar-refractivity contribution in [2.24, 2.45) is 0 Å². The lowest BCUT2D eigenvalue weighted by Crippen LogP contribution is -2.35. The highest BCUT2D eigenvalue weighted by atomic mass is 16.2. The third-order valence-electron chi connectivity index (χ3n) is 2.92. The summed E-state index contributed by atoms with van der Waals surface area (Å²) in [5.41, 5.74) is 0.391. The average Bonchev–Trinajstić information content (AvgIpc) is 2.38. The van der Waals surface area contributed by atoms with Gasteiger partial charge in [-0.2, -0.15) is 0 Å². The molecule has 1 heterocycles. The molecule has 0 fully saturated rings. The minimum Gasteiger partial charge on any atom is -0.369 e. The van der Waals surface area contributed by atoms with Crippen LogP contribution < -0.4 is 5.32 Å². The maximum atomic E-state index is 12.1. The first-order valence-corrected chi connectivity index (χ1v) is 6.43. The molecule has 0 radical (unpaired) electrons. The van der Waals surface area contributed by atoms with Gasteiger partial charge >= 0.3 is 0 Å². The fourth-order valence-electron chi connectivity index (χ4n) is 1.70. The van der Waals surface area contributed by atoms with E-state index in [0.29, 0.717) is 11.5 Å². The van der Waals surface area contributed by atoms with Gasteiger partial charge in [0.2, 0.25) is 0 Å². The summed E-state index contributed by atoms with van der Waals surface area (Å²) in [4.78, 5) is 22.2. The van der Waals surface area contributed by atoms with Crippen molar-refractivity contribution >= 4 is 11.7 Å². The van der Waals surface area contributed by atoms with Crippen LogP contribution in [0.15, 0.2) is 12.4 Å². The van der Waals surface area contributed by atoms with E-state index in [-0.39, 0.29) is 11.9 Å². The molecule has 5 heteroatoms. The molecule has 1 N–H and O–H groups in total. The van der Waals surface area contributed by atoms with Crippen molar-refractivity contribution in [3.8, 4) is 0 Å². The number of amides is 1. The Balaban J connectivity index is 2.71. The summed E-state index contributed by atoms with van der Waals surface area (Å²) in [5.74, 6) is 0.616. The molecule has 1 unspecified atom stereocenters. The molecule has 18 heavy (non-hydrogen) atoms. The van der Waals surface area contributed by atoms with Crippen molar-refractivity contribution in [1.82, 2.24) is 14.9 Å². The summed E-state index contributed by atoms with van der Waals surface area (Å²) < 4.78 is 0. The van der Waals surface area contributed by atoms with Gasteiger partial charge in [0.1, 0.15) is 11.5 Å². The Morgan fingerprint density at radius 2 is 2.11 bits per heavy atom. The van der Waals surface area contributed by atoms with E-state index in [4.69, 9.17) is 0 Å². The van der Waals surface area contributed by atoms with Gasteiger partial charge in [0, 0.05) is 19.6 Å². The molecule has 5 nitrogen and oxygen atoms in total. The highest BCUT2D eigenvalue weighted by Gasteiger charge is 2.18. The zero-order chi connectivity index (χ0) is 13.5. The van der Waals surface area contributed by atoms with E-state index >= 15 is 0 Å². The molecule has 0 aliphatic rings. The van der Waals surface area contributed by atoms with Crippen molar-refractivity contribution in [2.75, 3.05) is 18.9 Å². The number of hydrogen-bond donors (Lipinski definition) is 1. The monoisotopic (exact) mass is 250 g/mol. The Hall–Kier alpha value is -1.65. The quantitative estimate of drug-likeness (QED) is 0.840. The molecular weight excluding hydrogens is 228 g/mol. The number of anilines is 1. The highest BCUT2D eigenvalue weighted by Crippen LogP contribution is 2.09. The first-order chi connectivity index (χ1) is 8.60. The van der Waals surface area contributed by atoms with Crippen LogP contribution >= 0.6 is 0 Å². The number of nitrogens with one attached hydrogen (secondary N) is 1. The van der Waals surface area contributed by atoms with Crippen LogP contribution in [0.2, 0.25) is 0 Å². The van der Waals surface area contributed by atoms with Crippen LogP contribution in [0.5, 0.6) is 0 Å². The predicted octanol–water partition coefficient (Wildman–Crippen LogP) is 2.17. The van der Waals surface area contributed by atoms with Crippen molar-refractivity contribution in [2.45, 2.75) is 39.7 Å². The fraction of sp³-hybridized carbons (Fsp3) is 0.615. The van der Waals surface area contributed by atoms with Crippen LogP contribution in [0.3, 0.4) is 0 Å². The molecule has 0 bridgehead atoms. The Labute approximate surface area is 109 Å². The van der Waals surface area contributed by atoms with Gasteiger partial charge in [-0.25, -0.2) is 9.97 Å². The molecule has 1 aromatic heterocycles. The Bertz CT molecular complexity index is 377. The maximum Gasteiger partial charge on any atom is 0.274 e. The van der Waals surface area contributed by atoms with Crippen molar-refractivity contribution < 1.29 is 4.79 Å². The SMILES string of the molecule is CCCC(C)N(C)C(=O)c1cnc(NCC)cn1. The van der Waals surface area contributed by atoms with E-state index < -0.39 is 0 Å². The smallest absolute Gasteiger partial charge is 0.274 e. The lowest BCUT2D eigenvalue weighted by Gasteiger charge is -2.24. The zero-order valence-electron chi connectivity index (χ0n) is 11.6. The summed E-state index contributed by atoms with van der Waals surface area (Å²) in [6.45, 7) is 6.93. The van der Waals surface area contributed by atoms with Crippen LogP contribution in [-0.4, -0.2) is 40.4 Å². The highest BCUT2D eigenvalue weighted by molar-refractivity contribution is 5.92. The molecule has 100 valence electrons. The van der Waals surface area contributed by atoms with Gasteiger partial charge in [0.25, 0.3) is 5.91 Å². The van der Waals surface area contributed by atoms with Crippen LogP contribution in [0.1, 0.15) is 44.1 Å². The van der Waals surface area contributed by atoms with E-state index in [1.54, 1.807) is 11.1 Å². The van der Waals surface area contributed by atoms with Crippen LogP contribution in [0.4, 0.5) is 5.82 Å². The van der Waals surface area contributed by atoms with Crippen molar-refractivity contribution in [1.29, 1.82) is 0 Å². The van der Waals surface area contributed by atoms with Gasteiger partial charge in [-0.3, -0.25) is 4.79 Å². The average molecular weight is 250 g/mol. The van der Waals surface area contributed by atoms with E-state index in [1.165, 1.54) is 6.20 Å². The minimum absolute atomic E-state index is 0.0773. The molecule has 0 aromatic carbocycles. The summed E-state index contributed by atoms with van der Waals surface area (Å²) in [5, 5.41) is 3.05. The first kappa shape index (κ1) is 14.4. The second-order valence-electron chi connectivity index (χ2n) is 4.37. The van der Waals surface area contributed by atoms with Crippen molar-refractivity contribution in [3.63, 3.8) is 0 Å². The third kappa shape index (κ3) is 3.68. The Morgan fingerprint density at radius 1 is 1.39 bits per heavy atom. The Morgan fingerprint density at radius 3 is 2.61 bits per heavy atom. The molecule has 0 spiro atoms. The van der Waals surface area contributed by atoms with E-state index in [2.05, 4.69) is 22.2 Å². The molecule has 0 saturated carbocycles. The standard InChI is InChI=1S/C13H22N4O/c1-5-7-10(3)17(4)13(18)11-8-16-12(9-15-11)14-6-2/h8-10H,5-7H2,1-4H3,(H,14,16). The summed E-state index contributed by atoms with van der Waals surface area (Å²) >= 11 is 0. The van der Waals surface area contributed by atoms with Gasteiger partial charge in [-0.15, -0.1) is 0 Å². The summed E-state index contributed by atoms with van der Waals surface area (Å²) in [7, 11) is 1.81. The number of carbonyl (C=O) groups is 1. The summed E-state index contributed by atoms with van der Waals surface area (Å²) in [6.07, 6.45) is 5.17. The molecule has 0 aliphatic carbocycles. The predicted molar refractivity (Wildman–Crippen MR) is 72.7 cm³/mol. The van der Waals surface area contributed by atoms with E-state index in [0.717, 1.165) is 19.4 Å². The first-order valence-electron chi connectivity index (χ1n) is 6.43. The summed E-state index contributed by atoms with van der Waals surface area (Å²) in [6, 6.07) is 0.220. The topological polar surface area (TPSA) is 58.1 Å². The molecule has 1 atom stereocenters. The molecular formula is C13H22N4O. The van der Waals surface area contributed by atoms with Crippen LogP contribution in [0, 0.1) is 0 Å². The third-order valence-corrected chi connectivity index (χ3v) is 2.92. The van der Waals surface area contributed by atoms with Crippen LogP contribution in [0.25, 0.3) is 0 Å². The molecule has 1 amide bonds. The van der Waals surface area contributed by atoms with Gasteiger partial charge in [0.05, 0.1) is 12.4 Å². The number of rotatable bonds is 6. The molecule has 0 aliphatic heterocycles. The zero-order valence-corrected chi connectivity index (χ0v) is 11.6. The van der Waals surface area contributed by atoms with Gasteiger partial charge < -0.3 is 10.2 Å². The van der Waals surface area contributed by atoms with E-state index in [9.17, 15) is 4.79 Å². The normalized spacial score (nSPS) is 12.0. The minimum atomic E-state index is -0.0773. The lowest BCUT2D eigenvalue weighted by atomic mass is 10.1. The van der Waals surface area contributed by atoms with E-state index in [1.807, 2.05) is 20.9 Å². The number of aromatic nitrogens is 2. The van der Waals surface area contributed by atoms with Crippen LogP contribution in [-0.2, 0) is 0 Å². The van der Waals surface area contributed by atoms with Gasteiger partial charge in [0.15, 0.2) is 0 Å². The molecule has 1 rings (SSSR count). The largest absolute Gasteiger partial charge is 0.369 e. The Kier molecular flexibility index (Phi) is 5.55. The van der Waals surface area contributed by atoms with Gasteiger partial charge in [-0.05, 0) is 20.3 Å². The maximum absolute atomic E-state index is 12.1. The fourth-order valence-corrected chi connectivity index (χ4v) is 1.70.